The zero-order valence-electron chi connectivity index (χ0n) is 11.9. The number of hydrogen-bond acceptors (Lipinski definition) is 4. The Balaban J connectivity index is 1.78. The molecule has 0 aliphatic carbocycles. The summed E-state index contributed by atoms with van der Waals surface area (Å²) in [5, 5.41) is 8.59. The number of rotatable bonds is 5. The SMILES string of the molecule is O=c1cc(Cl)n(COCc2ccccc2)nc1-n1ccc(Cl)n1. The fourth-order valence-corrected chi connectivity index (χ4v) is 2.28. The molecule has 0 atom stereocenters. The molecule has 3 rings (SSSR count). The summed E-state index contributed by atoms with van der Waals surface area (Å²) >= 11 is 11.8. The molecule has 23 heavy (non-hydrogen) atoms. The van der Waals surface area contributed by atoms with E-state index >= 15 is 0 Å². The van der Waals surface area contributed by atoms with Crippen LogP contribution in [0.1, 0.15) is 5.56 Å². The van der Waals surface area contributed by atoms with Gasteiger partial charge in [0, 0.05) is 12.3 Å². The Bertz CT molecular complexity index is 861. The normalized spacial score (nSPS) is 10.9. The average molecular weight is 351 g/mol. The highest BCUT2D eigenvalue weighted by Crippen LogP contribution is 2.10. The van der Waals surface area contributed by atoms with Crippen molar-refractivity contribution in [2.24, 2.45) is 0 Å². The van der Waals surface area contributed by atoms with Gasteiger partial charge in [-0.15, -0.1) is 5.10 Å². The van der Waals surface area contributed by atoms with Crippen LogP contribution in [0.2, 0.25) is 10.3 Å². The van der Waals surface area contributed by atoms with Crippen molar-refractivity contribution >= 4 is 23.2 Å². The van der Waals surface area contributed by atoms with Crippen LogP contribution in [0.25, 0.3) is 5.82 Å². The molecule has 0 unspecified atom stereocenters. The molecule has 118 valence electrons. The number of benzene rings is 1. The number of aromatic nitrogens is 4. The van der Waals surface area contributed by atoms with Crippen molar-refractivity contribution in [1.29, 1.82) is 0 Å². The summed E-state index contributed by atoms with van der Waals surface area (Å²) in [6.07, 6.45) is 1.55. The molecule has 0 radical (unpaired) electrons. The zero-order valence-corrected chi connectivity index (χ0v) is 13.4. The van der Waals surface area contributed by atoms with E-state index in [0.29, 0.717) is 6.61 Å². The number of nitrogens with zero attached hydrogens (tertiary/aromatic N) is 4. The summed E-state index contributed by atoms with van der Waals surface area (Å²) in [5.41, 5.74) is 0.679. The van der Waals surface area contributed by atoms with Gasteiger partial charge in [0.05, 0.1) is 6.61 Å². The van der Waals surface area contributed by atoms with Gasteiger partial charge in [0.2, 0.25) is 11.2 Å². The second-order valence-electron chi connectivity index (χ2n) is 4.70. The Hall–Kier alpha value is -2.15. The first-order valence-corrected chi connectivity index (χ1v) is 7.50. The molecule has 0 bridgehead atoms. The Kier molecular flexibility index (Phi) is 4.76. The standard InChI is InChI=1S/C15H12Cl2N4O2/c16-13-6-7-20(18-13)15-12(22)8-14(17)21(19-15)10-23-9-11-4-2-1-3-5-11/h1-8H,9-10H2. The zero-order chi connectivity index (χ0) is 16.2. The number of hydrogen-bond donors (Lipinski definition) is 0. The summed E-state index contributed by atoms with van der Waals surface area (Å²) in [7, 11) is 0. The highest BCUT2D eigenvalue weighted by atomic mass is 35.5. The van der Waals surface area contributed by atoms with Crippen LogP contribution in [0.15, 0.2) is 53.5 Å². The molecular formula is C15H12Cl2N4O2. The van der Waals surface area contributed by atoms with Gasteiger partial charge in [0.1, 0.15) is 11.9 Å². The molecule has 2 heterocycles. The van der Waals surface area contributed by atoms with Gasteiger partial charge in [-0.1, -0.05) is 53.5 Å². The second-order valence-corrected chi connectivity index (χ2v) is 5.48. The van der Waals surface area contributed by atoms with E-state index in [-0.39, 0.29) is 28.3 Å². The van der Waals surface area contributed by atoms with Crippen LogP contribution in [-0.2, 0) is 18.1 Å². The third kappa shape index (κ3) is 3.79. The van der Waals surface area contributed by atoms with E-state index in [0.717, 1.165) is 5.56 Å². The fraction of sp³-hybridized carbons (Fsp3) is 0.133. The Morgan fingerprint density at radius 3 is 2.57 bits per heavy atom. The van der Waals surface area contributed by atoms with Crippen molar-refractivity contribution in [1.82, 2.24) is 19.6 Å². The minimum Gasteiger partial charge on any atom is -0.355 e. The molecule has 0 aliphatic heterocycles. The predicted octanol–water partition coefficient (Wildman–Crippen LogP) is 2.91. The van der Waals surface area contributed by atoms with E-state index in [1.165, 1.54) is 15.4 Å². The fourth-order valence-electron chi connectivity index (χ4n) is 1.95. The van der Waals surface area contributed by atoms with Crippen LogP contribution in [0.5, 0.6) is 0 Å². The molecule has 6 nitrogen and oxygen atoms in total. The molecule has 0 amide bonds. The smallest absolute Gasteiger partial charge is 0.227 e. The van der Waals surface area contributed by atoms with Crippen LogP contribution in [0, 0.1) is 0 Å². The van der Waals surface area contributed by atoms with Gasteiger partial charge < -0.3 is 4.74 Å². The van der Waals surface area contributed by atoms with Crippen LogP contribution in [-0.4, -0.2) is 19.6 Å². The minimum atomic E-state index is -0.353. The monoisotopic (exact) mass is 350 g/mol. The largest absolute Gasteiger partial charge is 0.355 e. The quantitative estimate of drug-likeness (QED) is 0.709. The van der Waals surface area contributed by atoms with Gasteiger partial charge >= 0.3 is 0 Å². The lowest BCUT2D eigenvalue weighted by Crippen LogP contribution is -2.20. The lowest BCUT2D eigenvalue weighted by Gasteiger charge is -2.10. The van der Waals surface area contributed by atoms with Crippen LogP contribution >= 0.6 is 23.2 Å². The van der Waals surface area contributed by atoms with E-state index < -0.39 is 0 Å². The average Bonchev–Trinajstić information content (AvgIpc) is 2.97. The predicted molar refractivity (Wildman–Crippen MR) is 86.9 cm³/mol. The maximum atomic E-state index is 12.0. The molecule has 8 heteroatoms. The Morgan fingerprint density at radius 1 is 1.09 bits per heavy atom. The molecule has 2 aromatic heterocycles. The molecule has 1 aromatic carbocycles. The summed E-state index contributed by atoms with van der Waals surface area (Å²) in [5.74, 6) is 0.101. The first-order valence-electron chi connectivity index (χ1n) is 6.74. The molecule has 0 saturated carbocycles. The first-order chi connectivity index (χ1) is 11.1. The van der Waals surface area contributed by atoms with E-state index in [2.05, 4.69) is 10.2 Å². The highest BCUT2D eigenvalue weighted by molar-refractivity contribution is 6.29. The minimum absolute atomic E-state index is 0.101. The number of ether oxygens (including phenoxy) is 1. The maximum absolute atomic E-state index is 12.0. The van der Waals surface area contributed by atoms with Crippen molar-refractivity contribution in [3.8, 4) is 5.82 Å². The Labute approximate surface area is 141 Å². The first kappa shape index (κ1) is 15.7. The van der Waals surface area contributed by atoms with Crippen molar-refractivity contribution in [2.45, 2.75) is 13.3 Å². The van der Waals surface area contributed by atoms with Crippen molar-refractivity contribution < 1.29 is 4.74 Å². The van der Waals surface area contributed by atoms with Gasteiger partial charge in [0.25, 0.3) is 0 Å². The van der Waals surface area contributed by atoms with Crippen LogP contribution in [0.3, 0.4) is 0 Å². The topological polar surface area (TPSA) is 61.9 Å². The lowest BCUT2D eigenvalue weighted by molar-refractivity contribution is 0.0551. The second kappa shape index (κ2) is 6.95. The third-order valence-corrected chi connectivity index (χ3v) is 3.54. The molecule has 0 saturated heterocycles. The highest BCUT2D eigenvalue weighted by Gasteiger charge is 2.10. The summed E-state index contributed by atoms with van der Waals surface area (Å²) < 4.78 is 8.27. The molecular weight excluding hydrogens is 339 g/mol. The van der Waals surface area contributed by atoms with Gasteiger partial charge in [-0.2, -0.15) is 5.10 Å². The van der Waals surface area contributed by atoms with Gasteiger partial charge in [-0.05, 0) is 11.6 Å². The van der Waals surface area contributed by atoms with Crippen LogP contribution in [0.4, 0.5) is 0 Å². The molecule has 0 spiro atoms. The lowest BCUT2D eigenvalue weighted by atomic mass is 10.2. The summed E-state index contributed by atoms with van der Waals surface area (Å²) in [6.45, 7) is 0.518. The summed E-state index contributed by atoms with van der Waals surface area (Å²) in [4.78, 5) is 12.0. The number of halogens is 2. The molecule has 0 N–H and O–H groups in total. The molecule has 0 aliphatic rings. The van der Waals surface area contributed by atoms with E-state index in [9.17, 15) is 4.79 Å². The van der Waals surface area contributed by atoms with Gasteiger partial charge in [0.15, 0.2) is 5.15 Å². The molecule has 3 aromatic rings. The van der Waals surface area contributed by atoms with Gasteiger partial charge in [-0.3, -0.25) is 4.79 Å². The van der Waals surface area contributed by atoms with E-state index in [1.54, 1.807) is 12.3 Å². The van der Waals surface area contributed by atoms with E-state index in [1.807, 2.05) is 30.3 Å². The van der Waals surface area contributed by atoms with Crippen molar-refractivity contribution in [3.05, 3.63) is 74.8 Å². The van der Waals surface area contributed by atoms with Gasteiger partial charge in [-0.25, -0.2) is 9.36 Å². The van der Waals surface area contributed by atoms with Crippen molar-refractivity contribution in [3.63, 3.8) is 0 Å². The molecule has 0 fully saturated rings. The van der Waals surface area contributed by atoms with Crippen LogP contribution < -0.4 is 5.43 Å². The Morgan fingerprint density at radius 2 is 1.87 bits per heavy atom. The summed E-state index contributed by atoms with van der Waals surface area (Å²) in [6, 6.07) is 12.5. The third-order valence-electron chi connectivity index (χ3n) is 3.03. The maximum Gasteiger partial charge on any atom is 0.227 e. The van der Waals surface area contributed by atoms with Crippen molar-refractivity contribution in [2.75, 3.05) is 0 Å². The van der Waals surface area contributed by atoms with E-state index in [4.69, 9.17) is 27.9 Å².